The van der Waals surface area contributed by atoms with Gasteiger partial charge in [0, 0.05) is 66.1 Å². The third-order valence-corrected chi connectivity index (χ3v) is 14.1. The minimum atomic E-state index is -5.22. The summed E-state index contributed by atoms with van der Waals surface area (Å²) in [7, 11) is -8.02. The van der Waals surface area contributed by atoms with Crippen molar-refractivity contribution >= 4 is 69.9 Å². The van der Waals surface area contributed by atoms with Gasteiger partial charge in [-0.3, -0.25) is 22.9 Å². The second-order valence-electron chi connectivity index (χ2n) is 16.6. The standard InChI is InChI=1S/C42H40ClF10N8O8PS2/c1-39(2,71(4)67)12-10-25-6-7-26(27-8-9-29(43)32-34(27)60(21-41(48,49)50)57-37(32)61(72(5)68)38(63)58(3)14-15-69-70(64,65)66)33(54-25)30(18-22-16-23(44)19-24(45)17-22)55-31(62)20-59-36-28(11-13-40(36,46)47)35(56-59)42(51,52)53/h6-9,16-17,19,30H,11,13-15,18,20-21H2,1-5H3,(H,55,62)(H2,64,65,66). The topological polar surface area (TPSA) is 202 Å². The van der Waals surface area contributed by atoms with Gasteiger partial charge in [0.2, 0.25) is 5.91 Å². The van der Waals surface area contributed by atoms with Crippen LogP contribution in [0.2, 0.25) is 5.02 Å². The molecule has 0 radical (unpaired) electrons. The van der Waals surface area contributed by atoms with Crippen LogP contribution >= 0.6 is 19.4 Å². The lowest BCUT2D eigenvalue weighted by molar-refractivity contribution is -0.142. The third-order valence-electron chi connectivity index (χ3n) is 10.9. The number of nitrogens with zero attached hydrogens (tertiary/aromatic N) is 7. The molecule has 3 N–H and O–H groups in total. The number of fused-ring (bicyclic) bond motifs is 2. The van der Waals surface area contributed by atoms with Gasteiger partial charge in [-0.25, -0.2) is 27.3 Å². The number of carbonyl (C=O) groups excluding carboxylic acids is 2. The molecule has 3 atom stereocenters. The number of phosphoric acid groups is 1. The molecule has 3 unspecified atom stereocenters. The molecule has 6 rings (SSSR count). The fourth-order valence-corrected chi connectivity index (χ4v) is 9.03. The molecule has 390 valence electrons. The number of hydrogen-bond acceptors (Lipinski definition) is 9. The van der Waals surface area contributed by atoms with Crippen LogP contribution in [0.25, 0.3) is 22.0 Å². The molecular weight excluding hydrogens is 1070 g/mol. The van der Waals surface area contributed by atoms with Crippen molar-refractivity contribution < 1.29 is 80.8 Å². The zero-order chi connectivity index (χ0) is 53.6. The van der Waals surface area contributed by atoms with Gasteiger partial charge in [-0.2, -0.15) is 49.6 Å². The number of phosphoric ester groups is 1. The number of hydrogen-bond donors (Lipinski definition) is 3. The number of aromatic nitrogens is 5. The number of benzene rings is 2. The predicted octanol–water partition coefficient (Wildman–Crippen LogP) is 7.72. The Kier molecular flexibility index (Phi) is 16.2. The van der Waals surface area contributed by atoms with Crippen LogP contribution in [0.15, 0.2) is 42.5 Å². The van der Waals surface area contributed by atoms with Crippen LogP contribution in [0.5, 0.6) is 0 Å². The highest BCUT2D eigenvalue weighted by molar-refractivity contribution is 7.86. The van der Waals surface area contributed by atoms with Crippen LogP contribution in [-0.4, -0.2) is 103 Å². The van der Waals surface area contributed by atoms with Gasteiger partial charge < -0.3 is 20.0 Å². The molecule has 0 fully saturated rings. The summed E-state index contributed by atoms with van der Waals surface area (Å²) in [6.07, 6.45) is -10.4. The van der Waals surface area contributed by atoms with E-state index in [1.54, 1.807) is 0 Å². The minimum Gasteiger partial charge on any atom is -0.346 e. The molecular formula is C42H40ClF10N8O8PS2. The molecule has 0 saturated carbocycles. The van der Waals surface area contributed by atoms with Crippen LogP contribution in [0.4, 0.5) is 54.5 Å². The van der Waals surface area contributed by atoms with Gasteiger partial charge in [-0.15, -0.1) is 0 Å². The van der Waals surface area contributed by atoms with Crippen LogP contribution in [0.1, 0.15) is 60.2 Å². The van der Waals surface area contributed by atoms with E-state index >= 15 is 8.78 Å². The second-order valence-corrected chi connectivity index (χ2v) is 21.4. The number of anilines is 1. The Morgan fingerprint density at radius 3 is 2.22 bits per heavy atom. The van der Waals surface area contributed by atoms with E-state index in [-0.39, 0.29) is 37.8 Å². The molecule has 3 heterocycles. The summed E-state index contributed by atoms with van der Waals surface area (Å²) in [6, 6.07) is 3.96. The van der Waals surface area contributed by atoms with Gasteiger partial charge in [0.05, 0.1) is 34.3 Å². The van der Waals surface area contributed by atoms with Crippen molar-refractivity contribution in [2.24, 2.45) is 0 Å². The Morgan fingerprint density at radius 1 is 1.00 bits per heavy atom. The number of alkyl halides is 8. The van der Waals surface area contributed by atoms with Crippen LogP contribution in [0, 0.1) is 23.5 Å². The predicted molar refractivity (Wildman–Crippen MR) is 242 cm³/mol. The number of likely N-dealkylation sites (N-methyl/N-ethyl adjacent to an activating group) is 1. The van der Waals surface area contributed by atoms with Crippen LogP contribution < -0.4 is 9.62 Å². The van der Waals surface area contributed by atoms with Crippen LogP contribution in [0.3, 0.4) is 0 Å². The lowest BCUT2D eigenvalue weighted by Gasteiger charge is -2.25. The van der Waals surface area contributed by atoms with Crippen molar-refractivity contribution in [3.05, 3.63) is 93.0 Å². The van der Waals surface area contributed by atoms with Gasteiger partial charge in [0.15, 0.2) is 11.5 Å². The summed E-state index contributed by atoms with van der Waals surface area (Å²) in [4.78, 5) is 51.5. The fraction of sp³-hybridized carbons (Fsp3) is 0.405. The molecule has 0 bridgehead atoms. The summed E-state index contributed by atoms with van der Waals surface area (Å²) < 4.78 is 187. The zero-order valence-corrected chi connectivity index (χ0v) is 41.2. The van der Waals surface area contributed by atoms with Crippen molar-refractivity contribution in [1.82, 2.24) is 34.8 Å². The van der Waals surface area contributed by atoms with Crippen molar-refractivity contribution in [3.8, 4) is 23.0 Å². The van der Waals surface area contributed by atoms with Crippen molar-refractivity contribution in [2.45, 2.75) is 75.3 Å². The summed E-state index contributed by atoms with van der Waals surface area (Å²) in [5, 5.41) is 8.96. The number of nitrogens with one attached hydrogen (secondary N) is 1. The summed E-state index contributed by atoms with van der Waals surface area (Å²) in [5.74, 6) is -2.66. The van der Waals surface area contributed by atoms with Gasteiger partial charge >= 0.3 is 26.2 Å². The van der Waals surface area contributed by atoms with Gasteiger partial charge in [-0.1, -0.05) is 23.6 Å². The lowest BCUT2D eigenvalue weighted by atomic mass is 9.93. The van der Waals surface area contributed by atoms with Gasteiger partial charge in [-0.05, 0) is 68.5 Å². The number of urea groups is 1. The first-order chi connectivity index (χ1) is 33.2. The number of rotatable bonds is 15. The first kappa shape index (κ1) is 55.9. The Morgan fingerprint density at radius 2 is 1.64 bits per heavy atom. The molecule has 1 aliphatic carbocycles. The molecule has 3 aromatic heterocycles. The normalized spacial score (nSPS) is 15.1. The van der Waals surface area contributed by atoms with E-state index in [0.717, 1.165) is 42.5 Å². The van der Waals surface area contributed by atoms with E-state index in [1.165, 1.54) is 32.2 Å². The van der Waals surface area contributed by atoms with E-state index in [0.29, 0.717) is 15.1 Å². The Labute approximate surface area is 412 Å². The molecule has 16 nitrogen and oxygen atoms in total. The van der Waals surface area contributed by atoms with E-state index < -0.39 is 161 Å². The first-order valence-electron chi connectivity index (χ1n) is 20.7. The molecule has 0 saturated heterocycles. The Bertz CT molecular complexity index is 3100. The number of amides is 3. The van der Waals surface area contributed by atoms with Gasteiger partial charge in [0.1, 0.15) is 51.8 Å². The highest BCUT2D eigenvalue weighted by atomic mass is 35.5. The monoisotopic (exact) mass is 1100 g/mol. The lowest BCUT2D eigenvalue weighted by Crippen LogP contribution is -2.43. The van der Waals surface area contributed by atoms with E-state index in [2.05, 4.69) is 36.9 Å². The maximum atomic E-state index is 15.2. The number of carbonyl (C=O) groups is 2. The number of halogens is 11. The summed E-state index contributed by atoms with van der Waals surface area (Å²) >= 11 is 6.67. The fourth-order valence-electron chi connectivity index (χ4n) is 7.54. The summed E-state index contributed by atoms with van der Waals surface area (Å²) in [6.45, 7) is -1.51. The Hall–Kier alpha value is -5.43. The Balaban J connectivity index is 1.61. The quantitative estimate of drug-likeness (QED) is 0.0527. The zero-order valence-electron chi connectivity index (χ0n) is 38.0. The molecule has 2 aromatic carbocycles. The van der Waals surface area contributed by atoms with Crippen molar-refractivity contribution in [2.75, 3.05) is 37.0 Å². The minimum absolute atomic E-state index is 0.171. The van der Waals surface area contributed by atoms with Crippen molar-refractivity contribution in [1.29, 1.82) is 0 Å². The average molecular weight is 1110 g/mol. The molecule has 5 aromatic rings. The average Bonchev–Trinajstić information content (AvgIpc) is 3.90. The summed E-state index contributed by atoms with van der Waals surface area (Å²) in [5.41, 5.74) is -5.50. The van der Waals surface area contributed by atoms with Gasteiger partial charge in [0.25, 0.3) is 5.92 Å². The molecule has 30 heteroatoms. The molecule has 0 aliphatic heterocycles. The second kappa shape index (κ2) is 20.8. The smallest absolute Gasteiger partial charge is 0.346 e. The van der Waals surface area contributed by atoms with Crippen molar-refractivity contribution in [3.63, 3.8) is 0 Å². The maximum absolute atomic E-state index is 15.2. The number of pyridine rings is 1. The highest BCUT2D eigenvalue weighted by Gasteiger charge is 2.50. The molecule has 72 heavy (non-hydrogen) atoms. The van der Waals surface area contributed by atoms with E-state index in [9.17, 15) is 57.7 Å². The third kappa shape index (κ3) is 12.8. The largest absolute Gasteiger partial charge is 0.469 e. The SMILES string of the molecule is CN(CCOP(=O)(O)O)C(=O)N(c1nn(CC(F)(F)F)c2c(-c3ccc(C#CC(C)(C)S(C)=O)nc3C(Cc3cc(F)cc(F)c3)NC(=O)Cn3nc(C(F)(F)F)c4c3C(F)(F)CC4)ccc(Cl)c12)S(C)=O. The van der Waals surface area contributed by atoms with E-state index in [1.807, 2.05) is 0 Å². The van der Waals surface area contributed by atoms with E-state index in [4.69, 9.17) is 21.4 Å². The first-order valence-corrected chi connectivity index (χ1v) is 25.7. The van der Waals surface area contributed by atoms with Crippen LogP contribution in [-0.2, 0) is 73.7 Å². The molecule has 0 spiro atoms. The molecule has 3 amide bonds. The molecule has 1 aliphatic rings. The maximum Gasteiger partial charge on any atom is 0.469 e. The highest BCUT2D eigenvalue weighted by Crippen LogP contribution is 2.47.